The lowest BCUT2D eigenvalue weighted by atomic mass is 10.1. The minimum atomic E-state index is -3.92. The second-order valence-corrected chi connectivity index (χ2v) is 6.65. The molecule has 0 amide bonds. The van der Waals surface area contributed by atoms with Gasteiger partial charge < -0.3 is 5.11 Å². The van der Waals surface area contributed by atoms with Gasteiger partial charge in [0.2, 0.25) is 10.0 Å². The van der Waals surface area contributed by atoms with Crippen LogP contribution >= 0.6 is 0 Å². The topological polar surface area (TPSA) is 57.6 Å². The molecule has 21 heavy (non-hydrogen) atoms. The number of rotatable bonds is 4. The molecule has 0 heterocycles. The lowest BCUT2D eigenvalue weighted by Gasteiger charge is -2.25. The maximum absolute atomic E-state index is 13.8. The molecular formula is C15H16FNO3S. The van der Waals surface area contributed by atoms with Gasteiger partial charge in [0.05, 0.1) is 0 Å². The van der Waals surface area contributed by atoms with E-state index >= 15 is 0 Å². The van der Waals surface area contributed by atoms with Gasteiger partial charge in [-0.1, -0.05) is 30.3 Å². The van der Waals surface area contributed by atoms with E-state index in [0.717, 1.165) is 4.31 Å². The summed E-state index contributed by atoms with van der Waals surface area (Å²) in [5.74, 6) is -0.797. The molecule has 0 saturated heterocycles. The maximum Gasteiger partial charge on any atom is 0.247 e. The zero-order valence-electron chi connectivity index (χ0n) is 11.7. The van der Waals surface area contributed by atoms with E-state index in [2.05, 4.69) is 0 Å². The van der Waals surface area contributed by atoms with Crippen molar-refractivity contribution in [3.63, 3.8) is 0 Å². The number of phenolic OH excluding ortho intramolecular Hbond substituents is 1. The molecule has 0 aliphatic carbocycles. The highest BCUT2D eigenvalue weighted by Gasteiger charge is 2.29. The SMILES string of the molecule is CC(c1ccccc1F)N(C)S(=O)(=O)c1ccccc1O. The second kappa shape index (κ2) is 5.83. The van der Waals surface area contributed by atoms with E-state index in [0.29, 0.717) is 0 Å². The summed E-state index contributed by atoms with van der Waals surface area (Å²) in [6, 6.07) is 11.0. The Morgan fingerprint density at radius 2 is 1.67 bits per heavy atom. The average Bonchev–Trinajstić information content (AvgIpc) is 2.46. The van der Waals surface area contributed by atoms with Gasteiger partial charge in [0.25, 0.3) is 0 Å². The van der Waals surface area contributed by atoms with Crippen molar-refractivity contribution in [2.24, 2.45) is 0 Å². The molecule has 0 aliphatic heterocycles. The highest BCUT2D eigenvalue weighted by atomic mass is 32.2. The van der Waals surface area contributed by atoms with Crippen LogP contribution in [0.2, 0.25) is 0 Å². The third-order valence-corrected chi connectivity index (χ3v) is 5.40. The van der Waals surface area contributed by atoms with Gasteiger partial charge in [-0.3, -0.25) is 0 Å². The van der Waals surface area contributed by atoms with Crippen LogP contribution < -0.4 is 0 Å². The zero-order chi connectivity index (χ0) is 15.6. The predicted octanol–water partition coefficient (Wildman–Crippen LogP) is 2.91. The first-order valence-electron chi connectivity index (χ1n) is 6.36. The molecule has 0 spiro atoms. The van der Waals surface area contributed by atoms with Crippen LogP contribution in [0.1, 0.15) is 18.5 Å². The number of hydrogen-bond donors (Lipinski definition) is 1. The first-order chi connectivity index (χ1) is 9.85. The van der Waals surface area contributed by atoms with Crippen molar-refractivity contribution in [2.45, 2.75) is 17.9 Å². The Morgan fingerprint density at radius 1 is 1.10 bits per heavy atom. The molecule has 1 unspecified atom stereocenters. The monoisotopic (exact) mass is 309 g/mol. The van der Waals surface area contributed by atoms with Crippen LogP contribution in [0.25, 0.3) is 0 Å². The smallest absolute Gasteiger partial charge is 0.247 e. The Bertz CT molecular complexity index is 746. The Hall–Kier alpha value is -1.92. The van der Waals surface area contributed by atoms with Crippen molar-refractivity contribution in [3.8, 4) is 5.75 Å². The van der Waals surface area contributed by atoms with E-state index in [4.69, 9.17) is 0 Å². The molecule has 2 rings (SSSR count). The van der Waals surface area contributed by atoms with Crippen LogP contribution in [0.5, 0.6) is 5.75 Å². The number of nitrogens with zero attached hydrogens (tertiary/aromatic N) is 1. The van der Waals surface area contributed by atoms with Gasteiger partial charge in [-0.25, -0.2) is 12.8 Å². The van der Waals surface area contributed by atoms with Crippen molar-refractivity contribution in [1.29, 1.82) is 0 Å². The predicted molar refractivity (Wildman–Crippen MR) is 77.9 cm³/mol. The summed E-state index contributed by atoms with van der Waals surface area (Å²) < 4.78 is 39.9. The summed E-state index contributed by atoms with van der Waals surface area (Å²) in [5, 5.41) is 9.72. The minimum absolute atomic E-state index is 0.198. The Kier molecular flexibility index (Phi) is 4.29. The molecule has 2 aromatic carbocycles. The molecule has 0 fully saturated rings. The molecule has 4 nitrogen and oxygen atoms in total. The van der Waals surface area contributed by atoms with Crippen molar-refractivity contribution >= 4 is 10.0 Å². The van der Waals surface area contributed by atoms with Gasteiger partial charge in [0.15, 0.2) is 0 Å². The first-order valence-corrected chi connectivity index (χ1v) is 7.80. The van der Waals surface area contributed by atoms with Crippen molar-refractivity contribution in [3.05, 3.63) is 59.9 Å². The number of phenols is 1. The fourth-order valence-electron chi connectivity index (χ4n) is 2.05. The van der Waals surface area contributed by atoms with E-state index in [1.165, 1.54) is 43.4 Å². The van der Waals surface area contributed by atoms with Gasteiger partial charge in [0, 0.05) is 18.7 Å². The van der Waals surface area contributed by atoms with E-state index in [9.17, 15) is 17.9 Å². The zero-order valence-corrected chi connectivity index (χ0v) is 12.5. The van der Waals surface area contributed by atoms with Crippen LogP contribution in [0.15, 0.2) is 53.4 Å². The van der Waals surface area contributed by atoms with Crippen LogP contribution in [0.3, 0.4) is 0 Å². The van der Waals surface area contributed by atoms with Gasteiger partial charge in [-0.15, -0.1) is 0 Å². The standard InChI is InChI=1S/C15H16FNO3S/c1-11(12-7-3-4-8-13(12)16)17(2)21(19,20)15-10-6-5-9-14(15)18/h3-11,18H,1-2H3. The maximum atomic E-state index is 13.8. The molecule has 0 radical (unpaired) electrons. The summed E-state index contributed by atoms with van der Waals surface area (Å²) in [6.07, 6.45) is 0. The van der Waals surface area contributed by atoms with Crippen LogP contribution in [-0.2, 0) is 10.0 Å². The molecule has 1 atom stereocenters. The molecule has 6 heteroatoms. The van der Waals surface area contributed by atoms with Crippen molar-refractivity contribution < 1.29 is 17.9 Å². The highest BCUT2D eigenvalue weighted by Crippen LogP contribution is 2.30. The van der Waals surface area contributed by atoms with E-state index in [1.54, 1.807) is 19.1 Å². The number of benzene rings is 2. The first kappa shape index (κ1) is 15.5. The number of sulfonamides is 1. The van der Waals surface area contributed by atoms with Gasteiger partial charge in [-0.2, -0.15) is 4.31 Å². The van der Waals surface area contributed by atoms with Gasteiger partial charge in [0.1, 0.15) is 16.5 Å². The fraction of sp³-hybridized carbons (Fsp3) is 0.200. The van der Waals surface area contributed by atoms with Crippen LogP contribution in [-0.4, -0.2) is 24.9 Å². The van der Waals surface area contributed by atoms with E-state index in [-0.39, 0.29) is 16.2 Å². The minimum Gasteiger partial charge on any atom is -0.507 e. The Labute approximate surface area is 123 Å². The number of para-hydroxylation sites is 1. The number of halogens is 1. The summed E-state index contributed by atoms with van der Waals surface area (Å²) in [5.41, 5.74) is 0.277. The quantitative estimate of drug-likeness (QED) is 0.944. The average molecular weight is 309 g/mol. The summed E-state index contributed by atoms with van der Waals surface area (Å²) in [6.45, 7) is 1.59. The highest BCUT2D eigenvalue weighted by molar-refractivity contribution is 7.89. The normalized spacial score (nSPS) is 13.3. The third kappa shape index (κ3) is 2.91. The summed E-state index contributed by atoms with van der Waals surface area (Å²) in [4.78, 5) is -0.198. The lowest BCUT2D eigenvalue weighted by molar-refractivity contribution is 0.383. The molecule has 0 aliphatic rings. The molecular weight excluding hydrogens is 293 g/mol. The number of hydrogen-bond acceptors (Lipinski definition) is 3. The molecule has 2 aromatic rings. The van der Waals surface area contributed by atoms with Gasteiger partial charge >= 0.3 is 0 Å². The van der Waals surface area contributed by atoms with Crippen molar-refractivity contribution in [2.75, 3.05) is 7.05 Å². The molecule has 0 aromatic heterocycles. The van der Waals surface area contributed by atoms with Crippen LogP contribution in [0, 0.1) is 5.82 Å². The Morgan fingerprint density at radius 3 is 2.29 bits per heavy atom. The summed E-state index contributed by atoms with van der Waals surface area (Å²) in [7, 11) is -2.56. The largest absolute Gasteiger partial charge is 0.507 e. The third-order valence-electron chi connectivity index (χ3n) is 3.42. The second-order valence-electron chi connectivity index (χ2n) is 4.69. The number of aromatic hydroxyl groups is 1. The van der Waals surface area contributed by atoms with Crippen LogP contribution in [0.4, 0.5) is 4.39 Å². The Balaban J connectivity index is 2.42. The molecule has 0 bridgehead atoms. The van der Waals surface area contributed by atoms with Crippen molar-refractivity contribution in [1.82, 2.24) is 4.31 Å². The van der Waals surface area contributed by atoms with E-state index < -0.39 is 21.9 Å². The lowest BCUT2D eigenvalue weighted by Crippen LogP contribution is -2.30. The molecule has 112 valence electrons. The fourth-order valence-corrected chi connectivity index (χ4v) is 3.47. The van der Waals surface area contributed by atoms with Gasteiger partial charge in [-0.05, 0) is 25.1 Å². The summed E-state index contributed by atoms with van der Waals surface area (Å²) >= 11 is 0. The van der Waals surface area contributed by atoms with E-state index in [1.807, 2.05) is 0 Å². The molecule has 1 N–H and O–H groups in total. The molecule has 0 saturated carbocycles.